The number of hydrogen-bond acceptors (Lipinski definition) is 8. The molecule has 0 radical (unpaired) electrons. The molecule has 9 nitrogen and oxygen atoms in total. The van der Waals surface area contributed by atoms with Crippen molar-refractivity contribution in [1.29, 1.82) is 0 Å². The Morgan fingerprint density at radius 2 is 1.48 bits per heavy atom. The average Bonchev–Trinajstić information content (AvgIpc) is 2.78. The molecule has 0 saturated heterocycles. The first-order valence-corrected chi connectivity index (χ1v) is 10.7. The third kappa shape index (κ3) is 6.49. The SMILES string of the molecule is CCOc1ccc(OCC)c(NC(=O)C(N=Nc2cc(OC)c(Cl)c(OC)c2)C(C)=O)c1Cl. The molecule has 0 heterocycles. The maximum absolute atomic E-state index is 12.9. The zero-order chi connectivity index (χ0) is 24.5. The number of azo groups is 1. The Labute approximate surface area is 202 Å². The molecule has 1 atom stereocenters. The summed E-state index contributed by atoms with van der Waals surface area (Å²) in [6, 6.07) is 4.81. The van der Waals surface area contributed by atoms with Crippen LogP contribution in [0.15, 0.2) is 34.5 Å². The molecule has 11 heteroatoms. The van der Waals surface area contributed by atoms with Crippen LogP contribution in [0.25, 0.3) is 0 Å². The lowest BCUT2D eigenvalue weighted by Gasteiger charge is -2.17. The fourth-order valence-electron chi connectivity index (χ4n) is 2.75. The topological polar surface area (TPSA) is 108 Å². The number of ketones is 1. The Morgan fingerprint density at radius 1 is 0.939 bits per heavy atom. The van der Waals surface area contributed by atoms with Crippen molar-refractivity contribution in [2.75, 3.05) is 32.8 Å². The highest BCUT2D eigenvalue weighted by atomic mass is 35.5. The van der Waals surface area contributed by atoms with Gasteiger partial charge in [0.1, 0.15) is 38.7 Å². The van der Waals surface area contributed by atoms with Crippen LogP contribution in [0.2, 0.25) is 10.0 Å². The molecule has 1 amide bonds. The van der Waals surface area contributed by atoms with Crippen molar-refractivity contribution in [3.8, 4) is 23.0 Å². The van der Waals surface area contributed by atoms with Crippen molar-refractivity contribution in [2.24, 2.45) is 10.2 Å². The monoisotopic (exact) mass is 497 g/mol. The Hall–Kier alpha value is -3.04. The van der Waals surface area contributed by atoms with Gasteiger partial charge in [0.15, 0.2) is 5.78 Å². The summed E-state index contributed by atoms with van der Waals surface area (Å²) in [4.78, 5) is 25.1. The van der Waals surface area contributed by atoms with Crippen LogP contribution in [0.5, 0.6) is 23.0 Å². The molecule has 0 aliphatic rings. The number of nitrogens with one attached hydrogen (secondary N) is 1. The predicted molar refractivity (Wildman–Crippen MR) is 126 cm³/mol. The van der Waals surface area contributed by atoms with Gasteiger partial charge >= 0.3 is 0 Å². The number of carbonyl (C=O) groups excluding carboxylic acids is 2. The minimum absolute atomic E-state index is 0.141. The van der Waals surface area contributed by atoms with Gasteiger partial charge in [-0.2, -0.15) is 10.2 Å². The van der Waals surface area contributed by atoms with E-state index in [1.807, 2.05) is 0 Å². The van der Waals surface area contributed by atoms with Gasteiger partial charge < -0.3 is 24.3 Å². The molecular weight excluding hydrogens is 473 g/mol. The number of amides is 1. The molecule has 178 valence electrons. The van der Waals surface area contributed by atoms with Crippen LogP contribution >= 0.6 is 23.2 Å². The van der Waals surface area contributed by atoms with E-state index in [1.54, 1.807) is 26.0 Å². The summed E-state index contributed by atoms with van der Waals surface area (Å²) in [6.07, 6.45) is 0. The van der Waals surface area contributed by atoms with Crippen molar-refractivity contribution < 1.29 is 28.5 Å². The fourth-order valence-corrected chi connectivity index (χ4v) is 3.27. The highest BCUT2D eigenvalue weighted by molar-refractivity contribution is 6.36. The summed E-state index contributed by atoms with van der Waals surface area (Å²) in [6.45, 7) is 5.53. The van der Waals surface area contributed by atoms with Crippen LogP contribution in [-0.4, -0.2) is 45.2 Å². The van der Waals surface area contributed by atoms with E-state index >= 15 is 0 Å². The van der Waals surface area contributed by atoms with E-state index in [4.69, 9.17) is 42.1 Å². The number of halogens is 2. The molecule has 1 unspecified atom stereocenters. The third-order valence-electron chi connectivity index (χ3n) is 4.27. The van der Waals surface area contributed by atoms with Gasteiger partial charge in [0.05, 0.1) is 33.1 Å². The van der Waals surface area contributed by atoms with Gasteiger partial charge in [-0.15, -0.1) is 0 Å². The van der Waals surface area contributed by atoms with Crippen LogP contribution in [0.3, 0.4) is 0 Å². The maximum atomic E-state index is 12.9. The quantitative estimate of drug-likeness (QED) is 0.324. The molecule has 2 rings (SSSR count). The molecular formula is C22H25Cl2N3O6. The Morgan fingerprint density at radius 3 is 2.00 bits per heavy atom. The first kappa shape index (κ1) is 26.2. The summed E-state index contributed by atoms with van der Waals surface area (Å²) < 4.78 is 21.4. The molecule has 0 fully saturated rings. The van der Waals surface area contributed by atoms with Gasteiger partial charge in [0, 0.05) is 12.1 Å². The number of Topliss-reactive ketones (excluding diaryl/α,β-unsaturated/α-hetero) is 1. The summed E-state index contributed by atoms with van der Waals surface area (Å²) in [5.74, 6) is 0.0177. The van der Waals surface area contributed by atoms with Crippen molar-refractivity contribution in [1.82, 2.24) is 0 Å². The van der Waals surface area contributed by atoms with E-state index in [2.05, 4.69) is 15.5 Å². The average molecular weight is 498 g/mol. The number of nitrogens with zero attached hydrogens (tertiary/aromatic N) is 2. The molecule has 0 bridgehead atoms. The second kappa shape index (κ2) is 12.3. The van der Waals surface area contributed by atoms with Crippen LogP contribution in [0.1, 0.15) is 20.8 Å². The van der Waals surface area contributed by atoms with Crippen molar-refractivity contribution in [2.45, 2.75) is 26.8 Å². The van der Waals surface area contributed by atoms with Crippen molar-refractivity contribution >= 4 is 46.3 Å². The Bertz CT molecular complexity index is 1020. The second-order valence-corrected chi connectivity index (χ2v) is 7.25. The first-order chi connectivity index (χ1) is 15.8. The number of ether oxygens (including phenoxy) is 4. The van der Waals surface area contributed by atoms with Crippen molar-refractivity contribution in [3.63, 3.8) is 0 Å². The standard InChI is InChI=1S/C22H25Cl2N3O6/c1-6-32-14-8-9-15(33-7-2)21(19(14)24)25-22(29)20(12(3)28)27-26-13-10-16(30-4)18(23)17(11-13)31-5/h8-11,20H,6-7H2,1-5H3,(H,25,29). The number of benzene rings is 2. The molecule has 2 aromatic rings. The van der Waals surface area contributed by atoms with Gasteiger partial charge in [-0.25, -0.2) is 0 Å². The third-order valence-corrected chi connectivity index (χ3v) is 5.02. The predicted octanol–water partition coefficient (Wildman–Crippen LogP) is 5.49. The van der Waals surface area contributed by atoms with Crippen molar-refractivity contribution in [3.05, 3.63) is 34.3 Å². The molecule has 0 spiro atoms. The Kier molecular flexibility index (Phi) is 9.74. The summed E-state index contributed by atoms with van der Waals surface area (Å²) in [5.41, 5.74) is 0.448. The molecule has 1 N–H and O–H groups in total. The summed E-state index contributed by atoms with van der Waals surface area (Å²) in [7, 11) is 2.87. The normalized spacial score (nSPS) is 11.7. The summed E-state index contributed by atoms with van der Waals surface area (Å²) in [5, 5.41) is 11.0. The number of anilines is 1. The zero-order valence-corrected chi connectivity index (χ0v) is 20.4. The lowest BCUT2D eigenvalue weighted by atomic mass is 10.2. The minimum atomic E-state index is -1.45. The lowest BCUT2D eigenvalue weighted by Crippen LogP contribution is -2.32. The van der Waals surface area contributed by atoms with Gasteiger partial charge in [0.25, 0.3) is 5.91 Å². The smallest absolute Gasteiger partial charge is 0.258 e. The Balaban J connectivity index is 2.37. The van der Waals surface area contributed by atoms with Crippen LogP contribution in [0.4, 0.5) is 11.4 Å². The maximum Gasteiger partial charge on any atom is 0.258 e. The van der Waals surface area contributed by atoms with Crippen LogP contribution in [0, 0.1) is 0 Å². The molecule has 0 aliphatic heterocycles. The van der Waals surface area contributed by atoms with Crippen LogP contribution < -0.4 is 24.3 Å². The van der Waals surface area contributed by atoms with Crippen LogP contribution in [-0.2, 0) is 9.59 Å². The van der Waals surface area contributed by atoms with Gasteiger partial charge in [-0.1, -0.05) is 23.2 Å². The second-order valence-electron chi connectivity index (χ2n) is 6.50. The van der Waals surface area contributed by atoms with E-state index < -0.39 is 17.7 Å². The van der Waals surface area contributed by atoms with E-state index in [0.29, 0.717) is 36.2 Å². The molecule has 2 aromatic carbocycles. The minimum Gasteiger partial charge on any atom is -0.495 e. The molecule has 0 saturated carbocycles. The van der Waals surface area contributed by atoms with Gasteiger partial charge in [0.2, 0.25) is 6.04 Å². The van der Waals surface area contributed by atoms with E-state index in [-0.39, 0.29) is 21.4 Å². The largest absolute Gasteiger partial charge is 0.495 e. The van der Waals surface area contributed by atoms with E-state index in [1.165, 1.54) is 33.3 Å². The zero-order valence-electron chi connectivity index (χ0n) is 18.9. The number of carbonyl (C=O) groups is 2. The lowest BCUT2D eigenvalue weighted by molar-refractivity contribution is -0.126. The molecule has 33 heavy (non-hydrogen) atoms. The van der Waals surface area contributed by atoms with E-state index in [9.17, 15) is 9.59 Å². The fraction of sp³-hybridized carbons (Fsp3) is 0.364. The highest BCUT2D eigenvalue weighted by Crippen LogP contribution is 2.40. The van der Waals surface area contributed by atoms with Gasteiger partial charge in [-0.3, -0.25) is 9.59 Å². The summed E-state index contributed by atoms with van der Waals surface area (Å²) >= 11 is 12.6. The van der Waals surface area contributed by atoms with E-state index in [0.717, 1.165) is 0 Å². The highest BCUT2D eigenvalue weighted by Gasteiger charge is 2.26. The number of methoxy groups -OCH3 is 2. The molecule has 0 aliphatic carbocycles. The van der Waals surface area contributed by atoms with Gasteiger partial charge in [-0.05, 0) is 32.9 Å². The number of rotatable bonds is 11. The molecule has 0 aromatic heterocycles. The first-order valence-electron chi connectivity index (χ1n) is 9.99. The number of hydrogen-bond donors (Lipinski definition) is 1.